The summed E-state index contributed by atoms with van der Waals surface area (Å²) in [5.74, 6) is 2.13. The van der Waals surface area contributed by atoms with Crippen LogP contribution in [-0.2, 0) is 6.42 Å². The van der Waals surface area contributed by atoms with Gasteiger partial charge in [-0.1, -0.05) is 0 Å². The first-order valence-electron chi connectivity index (χ1n) is 8.32. The summed E-state index contributed by atoms with van der Waals surface area (Å²) in [5.41, 5.74) is 2.87. The van der Waals surface area contributed by atoms with E-state index in [9.17, 15) is 4.79 Å². The van der Waals surface area contributed by atoms with E-state index in [1.165, 1.54) is 0 Å². The summed E-state index contributed by atoms with van der Waals surface area (Å²) in [7, 11) is 3.67. The highest BCUT2D eigenvalue weighted by atomic mass is 16.7. The average molecular weight is 340 g/mol. The molecule has 0 saturated carbocycles. The third-order valence-electron chi connectivity index (χ3n) is 4.93. The van der Waals surface area contributed by atoms with Crippen molar-refractivity contribution < 1.29 is 19.0 Å². The number of hydrogen-bond acceptors (Lipinski definition) is 6. The van der Waals surface area contributed by atoms with Gasteiger partial charge in [0.05, 0.1) is 7.11 Å². The summed E-state index contributed by atoms with van der Waals surface area (Å²) < 4.78 is 16.8. The van der Waals surface area contributed by atoms with Crippen molar-refractivity contribution in [3.8, 4) is 17.2 Å². The largest absolute Gasteiger partial charge is 0.492 e. The van der Waals surface area contributed by atoms with Crippen LogP contribution >= 0.6 is 0 Å². The molecule has 2 aliphatic rings. The number of Topliss-reactive ketones (excluding diaryl/α,β-unsaturated/α-hetero) is 1. The molecule has 4 rings (SSSR count). The Kier molecular flexibility index (Phi) is 4.05. The molecule has 0 amide bonds. The van der Waals surface area contributed by atoms with Crippen molar-refractivity contribution in [2.45, 2.75) is 18.9 Å². The number of rotatable bonds is 4. The van der Waals surface area contributed by atoms with E-state index >= 15 is 0 Å². The van der Waals surface area contributed by atoms with E-state index < -0.39 is 0 Å². The molecule has 0 saturated heterocycles. The van der Waals surface area contributed by atoms with Crippen LogP contribution in [0, 0.1) is 0 Å². The third-order valence-corrected chi connectivity index (χ3v) is 4.93. The summed E-state index contributed by atoms with van der Waals surface area (Å²) in [4.78, 5) is 18.9. The van der Waals surface area contributed by atoms with E-state index in [1.807, 2.05) is 13.1 Å². The standard InChI is InChI=1S/C19H20N2O4/c1-21-8-5-13-9-16-18(25-11-24-16)19(23-2)17(13)14(21)10-15(22)12-3-6-20-7-4-12/h3-4,6-7,9,14H,5,8,10-11H2,1-2H3/t14-/m1/s1. The molecule has 2 aromatic rings. The van der Waals surface area contributed by atoms with Gasteiger partial charge in [-0.05, 0) is 37.2 Å². The molecule has 130 valence electrons. The predicted octanol–water partition coefficient (Wildman–Crippen LogP) is 2.62. The lowest BCUT2D eigenvalue weighted by Gasteiger charge is -2.35. The number of benzene rings is 1. The molecule has 0 bridgehead atoms. The van der Waals surface area contributed by atoms with Gasteiger partial charge in [0.2, 0.25) is 12.5 Å². The molecule has 25 heavy (non-hydrogen) atoms. The van der Waals surface area contributed by atoms with Gasteiger partial charge in [0.15, 0.2) is 17.3 Å². The van der Waals surface area contributed by atoms with E-state index in [1.54, 1.807) is 31.6 Å². The first-order valence-corrected chi connectivity index (χ1v) is 8.32. The van der Waals surface area contributed by atoms with Gasteiger partial charge in [0.25, 0.3) is 0 Å². The summed E-state index contributed by atoms with van der Waals surface area (Å²) in [6.07, 6.45) is 4.55. The lowest BCUT2D eigenvalue weighted by molar-refractivity contribution is 0.0925. The maximum absolute atomic E-state index is 12.8. The van der Waals surface area contributed by atoms with E-state index in [0.29, 0.717) is 23.5 Å². The molecule has 1 atom stereocenters. The van der Waals surface area contributed by atoms with Gasteiger partial charge < -0.3 is 14.2 Å². The molecule has 3 heterocycles. The Labute approximate surface area is 146 Å². The Morgan fingerprint density at radius 2 is 2.16 bits per heavy atom. The fraction of sp³-hybridized carbons (Fsp3) is 0.368. The van der Waals surface area contributed by atoms with Gasteiger partial charge in [-0.15, -0.1) is 0 Å². The first kappa shape index (κ1) is 15.9. The Morgan fingerprint density at radius 3 is 2.92 bits per heavy atom. The zero-order chi connectivity index (χ0) is 17.4. The fourth-order valence-corrected chi connectivity index (χ4v) is 3.61. The molecule has 0 N–H and O–H groups in total. The van der Waals surface area contributed by atoms with Crippen LogP contribution in [0.4, 0.5) is 0 Å². The molecule has 1 aromatic carbocycles. The normalized spacial score (nSPS) is 18.7. The number of ether oxygens (including phenoxy) is 3. The van der Waals surface area contributed by atoms with Gasteiger partial charge in [-0.2, -0.15) is 0 Å². The summed E-state index contributed by atoms with van der Waals surface area (Å²) in [6.45, 7) is 1.08. The second-order valence-electron chi connectivity index (χ2n) is 6.33. The highest BCUT2D eigenvalue weighted by Gasteiger charge is 2.35. The van der Waals surface area contributed by atoms with E-state index in [2.05, 4.69) is 9.88 Å². The SMILES string of the molecule is COc1c2c(cc3c1[C@@H](CC(=O)c1ccncc1)N(C)CC3)OCO2. The zero-order valence-electron chi connectivity index (χ0n) is 14.3. The van der Waals surface area contributed by atoms with E-state index in [0.717, 1.165) is 29.8 Å². The zero-order valence-corrected chi connectivity index (χ0v) is 14.3. The minimum Gasteiger partial charge on any atom is -0.492 e. The minimum atomic E-state index is -0.0612. The lowest BCUT2D eigenvalue weighted by Crippen LogP contribution is -2.34. The number of methoxy groups -OCH3 is 1. The minimum absolute atomic E-state index is 0.0612. The van der Waals surface area contributed by atoms with Crippen LogP contribution < -0.4 is 14.2 Å². The Morgan fingerprint density at radius 1 is 1.36 bits per heavy atom. The van der Waals surface area contributed by atoms with E-state index in [4.69, 9.17) is 14.2 Å². The first-order chi connectivity index (χ1) is 12.2. The van der Waals surface area contributed by atoms with Crippen molar-refractivity contribution in [3.63, 3.8) is 0 Å². The van der Waals surface area contributed by atoms with Gasteiger partial charge in [0.1, 0.15) is 0 Å². The topological polar surface area (TPSA) is 60.9 Å². The van der Waals surface area contributed by atoms with Crippen LogP contribution in [-0.4, -0.2) is 43.2 Å². The highest BCUT2D eigenvalue weighted by molar-refractivity contribution is 5.96. The monoisotopic (exact) mass is 340 g/mol. The van der Waals surface area contributed by atoms with Gasteiger partial charge in [0, 0.05) is 42.5 Å². The molecule has 6 nitrogen and oxygen atoms in total. The molecule has 6 heteroatoms. The fourth-order valence-electron chi connectivity index (χ4n) is 3.61. The van der Waals surface area contributed by atoms with Gasteiger partial charge in [-0.25, -0.2) is 0 Å². The summed E-state index contributed by atoms with van der Waals surface area (Å²) in [5, 5.41) is 0. The number of hydrogen-bond donors (Lipinski definition) is 0. The van der Waals surface area contributed by atoms with Crippen molar-refractivity contribution in [2.75, 3.05) is 27.5 Å². The van der Waals surface area contributed by atoms with E-state index in [-0.39, 0.29) is 18.6 Å². The predicted molar refractivity (Wildman–Crippen MR) is 91.4 cm³/mol. The number of ketones is 1. The maximum Gasteiger partial charge on any atom is 0.231 e. The summed E-state index contributed by atoms with van der Waals surface area (Å²) in [6, 6.07) is 5.47. The van der Waals surface area contributed by atoms with Crippen LogP contribution in [0.3, 0.4) is 0 Å². The smallest absolute Gasteiger partial charge is 0.231 e. The highest BCUT2D eigenvalue weighted by Crippen LogP contribution is 2.50. The van der Waals surface area contributed by atoms with Gasteiger partial charge in [-0.3, -0.25) is 14.7 Å². The number of pyridine rings is 1. The molecule has 0 aliphatic carbocycles. The Hall–Kier alpha value is -2.60. The average Bonchev–Trinajstić information content (AvgIpc) is 3.11. The second-order valence-corrected chi connectivity index (χ2v) is 6.33. The molecular formula is C19H20N2O4. The second kappa shape index (κ2) is 6.37. The molecule has 1 aromatic heterocycles. The van der Waals surface area contributed by atoms with Crippen LogP contribution in [0.1, 0.15) is 33.9 Å². The summed E-state index contributed by atoms with van der Waals surface area (Å²) >= 11 is 0. The van der Waals surface area contributed by atoms with Crippen molar-refractivity contribution in [3.05, 3.63) is 47.3 Å². The van der Waals surface area contributed by atoms with Crippen molar-refractivity contribution in [1.29, 1.82) is 0 Å². The van der Waals surface area contributed by atoms with Crippen molar-refractivity contribution in [1.82, 2.24) is 9.88 Å². The number of nitrogens with zero attached hydrogens (tertiary/aromatic N) is 2. The van der Waals surface area contributed by atoms with Gasteiger partial charge >= 0.3 is 0 Å². The molecular weight excluding hydrogens is 320 g/mol. The third kappa shape index (κ3) is 2.72. The molecule has 0 unspecified atom stereocenters. The van der Waals surface area contributed by atoms with Crippen LogP contribution in [0.25, 0.3) is 0 Å². The number of fused-ring (bicyclic) bond motifs is 2. The molecule has 0 spiro atoms. The van der Waals surface area contributed by atoms with Crippen molar-refractivity contribution >= 4 is 5.78 Å². The maximum atomic E-state index is 12.8. The number of carbonyl (C=O) groups is 1. The lowest BCUT2D eigenvalue weighted by atomic mass is 9.87. The number of aromatic nitrogens is 1. The van der Waals surface area contributed by atoms with Crippen molar-refractivity contribution in [2.24, 2.45) is 0 Å². The van der Waals surface area contributed by atoms with Crippen LogP contribution in [0.15, 0.2) is 30.6 Å². The molecule has 0 radical (unpaired) electrons. The number of likely N-dealkylation sites (N-methyl/N-ethyl adjacent to an activating group) is 1. The van der Waals surface area contributed by atoms with Crippen LogP contribution in [0.5, 0.6) is 17.2 Å². The molecule has 2 aliphatic heterocycles. The Balaban J connectivity index is 1.74. The van der Waals surface area contributed by atoms with Crippen LogP contribution in [0.2, 0.25) is 0 Å². The quantitative estimate of drug-likeness (QED) is 0.798. The molecule has 0 fully saturated rings. The number of carbonyl (C=O) groups excluding carboxylic acids is 1. The Bertz CT molecular complexity index is 807.